The fourth-order valence-electron chi connectivity index (χ4n) is 3.53. The van der Waals surface area contributed by atoms with Crippen LogP contribution in [0.25, 0.3) is 11.0 Å². The van der Waals surface area contributed by atoms with Crippen molar-refractivity contribution in [2.24, 2.45) is 0 Å². The predicted octanol–water partition coefficient (Wildman–Crippen LogP) is 3.36. The summed E-state index contributed by atoms with van der Waals surface area (Å²) in [4.78, 5) is 17.0. The zero-order valence-electron chi connectivity index (χ0n) is 15.7. The van der Waals surface area contributed by atoms with Crippen LogP contribution < -0.4 is 10.6 Å². The lowest BCUT2D eigenvalue weighted by Crippen LogP contribution is -2.43. The molecule has 1 fully saturated rings. The van der Waals surface area contributed by atoms with E-state index in [4.69, 9.17) is 16.3 Å². The number of imidazole rings is 1. The highest BCUT2D eigenvalue weighted by Crippen LogP contribution is 2.24. The van der Waals surface area contributed by atoms with E-state index in [1.807, 2.05) is 49.4 Å². The molecule has 1 aliphatic heterocycles. The Morgan fingerprint density at radius 2 is 2.21 bits per heavy atom. The van der Waals surface area contributed by atoms with Crippen molar-refractivity contribution in [3.8, 4) is 0 Å². The molecule has 146 valence electrons. The number of amides is 1. The molecule has 2 aromatic carbocycles. The third-order valence-corrected chi connectivity index (χ3v) is 5.30. The number of nitrogens with zero attached hydrogens (tertiary/aromatic N) is 2. The summed E-state index contributed by atoms with van der Waals surface area (Å²) < 4.78 is 7.53. The van der Waals surface area contributed by atoms with E-state index in [0.717, 1.165) is 34.7 Å². The minimum Gasteiger partial charge on any atom is -0.378 e. The van der Waals surface area contributed by atoms with E-state index in [9.17, 15) is 4.79 Å². The Labute approximate surface area is 168 Å². The minimum absolute atomic E-state index is 0.0412. The molecule has 0 saturated carbocycles. The molecule has 1 aliphatic rings. The molecule has 1 unspecified atom stereocenters. The fourth-order valence-corrected chi connectivity index (χ4v) is 3.70. The summed E-state index contributed by atoms with van der Waals surface area (Å²) in [7, 11) is 0. The number of carbonyl (C=O) groups excluding carboxylic acids is 1. The average molecular weight is 399 g/mol. The Hall–Kier alpha value is -2.41. The Balaban J connectivity index is 1.50. The maximum atomic E-state index is 12.4. The number of hydrogen-bond donors (Lipinski definition) is 2. The van der Waals surface area contributed by atoms with E-state index in [1.54, 1.807) is 0 Å². The second-order valence-corrected chi connectivity index (χ2v) is 7.43. The molecule has 1 saturated heterocycles. The van der Waals surface area contributed by atoms with Crippen molar-refractivity contribution in [1.29, 1.82) is 0 Å². The van der Waals surface area contributed by atoms with E-state index in [-0.39, 0.29) is 11.9 Å². The molecule has 2 N–H and O–H groups in total. The molecule has 1 atom stereocenters. The quantitative estimate of drug-likeness (QED) is 0.691. The van der Waals surface area contributed by atoms with Gasteiger partial charge in [-0.05, 0) is 42.8 Å². The molecular weight excluding hydrogens is 376 g/mol. The second kappa shape index (κ2) is 8.31. The van der Waals surface area contributed by atoms with Gasteiger partial charge in [0.25, 0.3) is 0 Å². The summed E-state index contributed by atoms with van der Waals surface area (Å²) in [6.45, 7) is 4.61. The first-order chi connectivity index (χ1) is 13.6. The van der Waals surface area contributed by atoms with Crippen molar-refractivity contribution in [3.63, 3.8) is 0 Å². The van der Waals surface area contributed by atoms with Gasteiger partial charge < -0.3 is 19.9 Å². The van der Waals surface area contributed by atoms with E-state index < -0.39 is 0 Å². The number of nitrogens with one attached hydrogen (secondary N) is 2. The number of para-hydroxylation sites is 2. The van der Waals surface area contributed by atoms with Crippen molar-refractivity contribution in [1.82, 2.24) is 14.9 Å². The topological polar surface area (TPSA) is 68.2 Å². The average Bonchev–Trinajstić information content (AvgIpc) is 3.00. The van der Waals surface area contributed by atoms with Gasteiger partial charge in [-0.15, -0.1) is 0 Å². The van der Waals surface area contributed by atoms with Crippen LogP contribution in [-0.2, 0) is 16.1 Å². The number of aryl methyl sites for hydroxylation is 1. The molecule has 28 heavy (non-hydrogen) atoms. The Morgan fingerprint density at radius 1 is 1.36 bits per heavy atom. The number of hydrogen-bond acceptors (Lipinski definition) is 4. The van der Waals surface area contributed by atoms with Gasteiger partial charge in [-0.2, -0.15) is 0 Å². The van der Waals surface area contributed by atoms with Crippen molar-refractivity contribution in [2.75, 3.05) is 25.1 Å². The minimum atomic E-state index is -0.0412. The Bertz CT molecular complexity index is 995. The largest absolute Gasteiger partial charge is 0.378 e. The number of rotatable bonds is 5. The van der Waals surface area contributed by atoms with Crippen LogP contribution in [0.5, 0.6) is 0 Å². The monoisotopic (exact) mass is 398 g/mol. The van der Waals surface area contributed by atoms with Crippen LogP contribution >= 0.6 is 11.6 Å². The van der Waals surface area contributed by atoms with Crippen molar-refractivity contribution < 1.29 is 9.53 Å². The molecule has 0 bridgehead atoms. The molecule has 0 radical (unpaired) electrons. The standard InChI is InChI=1S/C21H23ClN4O2/c1-14-24-19-4-2-3-5-20(19)26(14)12-15-10-16(6-7-18(15)22)25-21(27)11-17-13-28-9-8-23-17/h2-7,10,17,23H,8-9,11-13H2,1H3,(H,25,27). The van der Waals surface area contributed by atoms with Gasteiger partial charge in [0.05, 0.1) is 30.8 Å². The molecular formula is C21H23ClN4O2. The molecule has 2 heterocycles. The van der Waals surface area contributed by atoms with Crippen LogP contribution in [0.2, 0.25) is 5.02 Å². The molecule has 0 aliphatic carbocycles. The maximum Gasteiger partial charge on any atom is 0.226 e. The van der Waals surface area contributed by atoms with E-state index in [0.29, 0.717) is 31.2 Å². The van der Waals surface area contributed by atoms with Gasteiger partial charge in [-0.1, -0.05) is 23.7 Å². The molecule has 4 rings (SSSR count). The molecule has 3 aromatic rings. The number of morpholine rings is 1. The van der Waals surface area contributed by atoms with Gasteiger partial charge in [-0.3, -0.25) is 4.79 Å². The first-order valence-corrected chi connectivity index (χ1v) is 9.79. The van der Waals surface area contributed by atoms with E-state index >= 15 is 0 Å². The fraction of sp³-hybridized carbons (Fsp3) is 0.333. The van der Waals surface area contributed by atoms with Gasteiger partial charge in [0.2, 0.25) is 5.91 Å². The van der Waals surface area contributed by atoms with Crippen LogP contribution in [0.4, 0.5) is 5.69 Å². The summed E-state index contributed by atoms with van der Waals surface area (Å²) >= 11 is 6.44. The first kappa shape index (κ1) is 18.9. The zero-order valence-corrected chi connectivity index (χ0v) is 16.5. The van der Waals surface area contributed by atoms with E-state index in [1.165, 1.54) is 0 Å². The van der Waals surface area contributed by atoms with Gasteiger partial charge in [0.1, 0.15) is 5.82 Å². The van der Waals surface area contributed by atoms with Gasteiger partial charge in [-0.25, -0.2) is 4.98 Å². The summed E-state index contributed by atoms with van der Waals surface area (Å²) in [6, 6.07) is 13.7. The molecule has 1 amide bonds. The Kier molecular flexibility index (Phi) is 5.62. The van der Waals surface area contributed by atoms with Gasteiger partial charge >= 0.3 is 0 Å². The summed E-state index contributed by atoms with van der Waals surface area (Å²) in [5.41, 5.74) is 3.70. The SMILES string of the molecule is Cc1nc2ccccc2n1Cc1cc(NC(=O)CC2COCCN2)ccc1Cl. The van der Waals surface area contributed by atoms with Crippen LogP contribution in [0.3, 0.4) is 0 Å². The number of halogens is 1. The van der Waals surface area contributed by atoms with Crippen molar-refractivity contribution in [2.45, 2.75) is 25.9 Å². The number of fused-ring (bicyclic) bond motifs is 1. The first-order valence-electron chi connectivity index (χ1n) is 9.41. The molecule has 7 heteroatoms. The highest BCUT2D eigenvalue weighted by atomic mass is 35.5. The van der Waals surface area contributed by atoms with Gasteiger partial charge in [0, 0.05) is 29.7 Å². The Morgan fingerprint density at radius 3 is 3.04 bits per heavy atom. The van der Waals surface area contributed by atoms with Crippen LogP contribution in [0.15, 0.2) is 42.5 Å². The summed E-state index contributed by atoms with van der Waals surface area (Å²) in [5, 5.41) is 6.93. The predicted molar refractivity (Wildman–Crippen MR) is 111 cm³/mol. The second-order valence-electron chi connectivity index (χ2n) is 7.02. The molecule has 1 aromatic heterocycles. The molecule has 0 spiro atoms. The molecule has 6 nitrogen and oxygen atoms in total. The lowest BCUT2D eigenvalue weighted by atomic mass is 10.1. The number of aromatic nitrogens is 2. The lowest BCUT2D eigenvalue weighted by molar-refractivity contribution is -0.117. The number of anilines is 1. The van der Waals surface area contributed by atoms with Gasteiger partial charge in [0.15, 0.2) is 0 Å². The van der Waals surface area contributed by atoms with Crippen molar-refractivity contribution >= 4 is 34.2 Å². The number of benzene rings is 2. The van der Waals surface area contributed by atoms with Crippen LogP contribution in [0, 0.1) is 6.92 Å². The zero-order chi connectivity index (χ0) is 19.5. The maximum absolute atomic E-state index is 12.4. The summed E-state index contributed by atoms with van der Waals surface area (Å²) in [6.07, 6.45) is 0.378. The highest BCUT2D eigenvalue weighted by Gasteiger charge is 2.17. The normalized spacial score (nSPS) is 17.0. The smallest absolute Gasteiger partial charge is 0.226 e. The summed E-state index contributed by atoms with van der Waals surface area (Å²) in [5.74, 6) is 0.885. The third kappa shape index (κ3) is 4.19. The third-order valence-electron chi connectivity index (χ3n) is 4.93. The number of carbonyl (C=O) groups is 1. The number of ether oxygens (including phenoxy) is 1. The highest BCUT2D eigenvalue weighted by molar-refractivity contribution is 6.31. The van der Waals surface area contributed by atoms with Crippen LogP contribution in [0.1, 0.15) is 17.8 Å². The van der Waals surface area contributed by atoms with Crippen molar-refractivity contribution in [3.05, 3.63) is 58.9 Å². The van der Waals surface area contributed by atoms with Crippen LogP contribution in [-0.4, -0.2) is 41.3 Å². The lowest BCUT2D eigenvalue weighted by Gasteiger charge is -2.23. The van der Waals surface area contributed by atoms with E-state index in [2.05, 4.69) is 20.2 Å².